The minimum absolute atomic E-state index is 0.0377. The van der Waals surface area contributed by atoms with Crippen molar-refractivity contribution < 1.29 is 9.59 Å². The lowest BCUT2D eigenvalue weighted by Crippen LogP contribution is -2.25. The Morgan fingerprint density at radius 2 is 2.05 bits per heavy atom. The second-order valence-electron chi connectivity index (χ2n) is 4.62. The van der Waals surface area contributed by atoms with Gasteiger partial charge in [-0.25, -0.2) is 0 Å². The van der Waals surface area contributed by atoms with Gasteiger partial charge in [0.2, 0.25) is 5.91 Å². The molecule has 1 aromatic carbocycles. The van der Waals surface area contributed by atoms with E-state index in [1.165, 1.54) is 0 Å². The predicted octanol–water partition coefficient (Wildman–Crippen LogP) is 0.984. The van der Waals surface area contributed by atoms with Gasteiger partial charge < -0.3 is 16.0 Å². The first-order valence-electron chi connectivity index (χ1n) is 6.60. The highest BCUT2D eigenvalue weighted by Gasteiger charge is 2.22. The minimum atomic E-state index is -0.0969. The van der Waals surface area contributed by atoms with E-state index >= 15 is 0 Å². The number of hydrogen-bond acceptors (Lipinski definition) is 3. The molecule has 5 nitrogen and oxygen atoms in total. The molecule has 102 valence electrons. The largest absolute Gasteiger partial charge is 0.352 e. The van der Waals surface area contributed by atoms with Crippen LogP contribution < -0.4 is 16.0 Å². The molecule has 1 aromatic rings. The van der Waals surface area contributed by atoms with Crippen LogP contribution in [-0.2, 0) is 4.79 Å². The lowest BCUT2D eigenvalue weighted by atomic mass is 10.1. The van der Waals surface area contributed by atoms with Crippen LogP contribution in [-0.4, -0.2) is 31.4 Å². The average Bonchev–Trinajstić information content (AvgIpc) is 2.94. The second-order valence-corrected chi connectivity index (χ2v) is 4.62. The Morgan fingerprint density at radius 1 is 1.32 bits per heavy atom. The first kappa shape index (κ1) is 13.5. The predicted molar refractivity (Wildman–Crippen MR) is 74.1 cm³/mol. The zero-order valence-electron chi connectivity index (χ0n) is 11.0. The van der Waals surface area contributed by atoms with Crippen LogP contribution in [0, 0.1) is 5.92 Å². The van der Waals surface area contributed by atoms with Gasteiger partial charge in [-0.3, -0.25) is 9.59 Å². The molecule has 1 fully saturated rings. The normalized spacial score (nSPS) is 18.1. The maximum Gasteiger partial charge on any atom is 0.251 e. The number of benzene rings is 1. The summed E-state index contributed by atoms with van der Waals surface area (Å²) in [6, 6.07) is 6.94. The van der Waals surface area contributed by atoms with E-state index in [2.05, 4.69) is 16.0 Å². The summed E-state index contributed by atoms with van der Waals surface area (Å²) in [4.78, 5) is 23.5. The van der Waals surface area contributed by atoms with E-state index in [-0.39, 0.29) is 17.7 Å². The van der Waals surface area contributed by atoms with Crippen LogP contribution in [0.4, 0.5) is 5.69 Å². The Kier molecular flexibility index (Phi) is 4.52. The molecular formula is C14H19N3O2. The molecule has 0 spiro atoms. The third-order valence-electron chi connectivity index (χ3n) is 3.18. The molecule has 2 amide bonds. The van der Waals surface area contributed by atoms with Crippen LogP contribution in [0.25, 0.3) is 0 Å². The van der Waals surface area contributed by atoms with Gasteiger partial charge in [0.15, 0.2) is 0 Å². The smallest absolute Gasteiger partial charge is 0.251 e. The van der Waals surface area contributed by atoms with Crippen LogP contribution in [0.2, 0.25) is 0 Å². The van der Waals surface area contributed by atoms with Gasteiger partial charge in [0.1, 0.15) is 0 Å². The molecule has 1 aliphatic heterocycles. The molecule has 5 heteroatoms. The van der Waals surface area contributed by atoms with Crippen molar-refractivity contribution in [3.05, 3.63) is 29.8 Å². The van der Waals surface area contributed by atoms with Crippen molar-refractivity contribution in [1.82, 2.24) is 10.6 Å². The first-order valence-corrected chi connectivity index (χ1v) is 6.60. The zero-order valence-corrected chi connectivity index (χ0v) is 11.0. The van der Waals surface area contributed by atoms with Crippen LogP contribution in [0.3, 0.4) is 0 Å². The fraction of sp³-hybridized carbons (Fsp3) is 0.429. The van der Waals surface area contributed by atoms with E-state index < -0.39 is 0 Å². The molecule has 0 aliphatic carbocycles. The van der Waals surface area contributed by atoms with Gasteiger partial charge in [-0.2, -0.15) is 0 Å². The number of amides is 2. The maximum absolute atomic E-state index is 11.9. The van der Waals surface area contributed by atoms with Gasteiger partial charge in [-0.1, -0.05) is 0 Å². The third kappa shape index (κ3) is 3.54. The molecule has 1 atom stereocenters. The summed E-state index contributed by atoms with van der Waals surface area (Å²) in [7, 11) is 0. The molecular weight excluding hydrogens is 242 g/mol. The minimum Gasteiger partial charge on any atom is -0.352 e. The van der Waals surface area contributed by atoms with Crippen molar-refractivity contribution in [1.29, 1.82) is 0 Å². The van der Waals surface area contributed by atoms with Crippen molar-refractivity contribution in [3.63, 3.8) is 0 Å². The quantitative estimate of drug-likeness (QED) is 0.757. The average molecular weight is 261 g/mol. The van der Waals surface area contributed by atoms with Crippen molar-refractivity contribution in [3.8, 4) is 0 Å². The molecule has 1 heterocycles. The van der Waals surface area contributed by atoms with Crippen molar-refractivity contribution in [2.24, 2.45) is 5.92 Å². The van der Waals surface area contributed by atoms with Crippen molar-refractivity contribution in [2.75, 3.05) is 25.0 Å². The Bertz CT molecular complexity index is 450. The van der Waals surface area contributed by atoms with Gasteiger partial charge in [-0.15, -0.1) is 0 Å². The highest BCUT2D eigenvalue weighted by Crippen LogP contribution is 2.14. The molecule has 1 unspecified atom stereocenters. The van der Waals surface area contributed by atoms with E-state index in [0.29, 0.717) is 12.1 Å². The molecule has 3 N–H and O–H groups in total. The van der Waals surface area contributed by atoms with Gasteiger partial charge in [0.25, 0.3) is 5.91 Å². The molecule has 0 saturated carbocycles. The molecule has 1 saturated heterocycles. The fourth-order valence-corrected chi connectivity index (χ4v) is 2.09. The first-order chi connectivity index (χ1) is 9.20. The second kappa shape index (κ2) is 6.33. The zero-order chi connectivity index (χ0) is 13.7. The van der Waals surface area contributed by atoms with Crippen molar-refractivity contribution >= 4 is 17.5 Å². The van der Waals surface area contributed by atoms with E-state index in [4.69, 9.17) is 0 Å². The summed E-state index contributed by atoms with van der Waals surface area (Å²) in [5.41, 5.74) is 1.33. The molecule has 1 aliphatic rings. The number of carbonyl (C=O) groups excluding carboxylic acids is 2. The number of hydrogen-bond donors (Lipinski definition) is 3. The highest BCUT2D eigenvalue weighted by atomic mass is 16.2. The molecule has 0 radical (unpaired) electrons. The summed E-state index contributed by atoms with van der Waals surface area (Å²) in [5, 5.41) is 8.77. The Balaban J connectivity index is 1.94. The van der Waals surface area contributed by atoms with Gasteiger partial charge >= 0.3 is 0 Å². The lowest BCUT2D eigenvalue weighted by Gasteiger charge is -2.10. The third-order valence-corrected chi connectivity index (χ3v) is 3.18. The maximum atomic E-state index is 11.9. The summed E-state index contributed by atoms with van der Waals surface area (Å²) in [6.45, 7) is 4.12. The number of carbonyl (C=O) groups is 2. The summed E-state index contributed by atoms with van der Waals surface area (Å²) >= 11 is 0. The Hall–Kier alpha value is -1.88. The number of rotatable bonds is 4. The molecule has 2 rings (SSSR count). The number of anilines is 1. The van der Waals surface area contributed by atoms with E-state index in [1.807, 2.05) is 6.92 Å². The summed E-state index contributed by atoms with van der Waals surface area (Å²) < 4.78 is 0. The van der Waals surface area contributed by atoms with Crippen LogP contribution in [0.15, 0.2) is 24.3 Å². The molecule has 0 bridgehead atoms. The Morgan fingerprint density at radius 3 is 2.63 bits per heavy atom. The van der Waals surface area contributed by atoms with E-state index in [1.54, 1.807) is 24.3 Å². The Labute approximate surface area is 112 Å². The van der Waals surface area contributed by atoms with Gasteiger partial charge in [-0.05, 0) is 44.2 Å². The molecule has 19 heavy (non-hydrogen) atoms. The molecule has 0 aromatic heterocycles. The highest BCUT2D eigenvalue weighted by molar-refractivity contribution is 5.96. The topological polar surface area (TPSA) is 70.2 Å². The fourth-order valence-electron chi connectivity index (χ4n) is 2.09. The van der Waals surface area contributed by atoms with Gasteiger partial charge in [0.05, 0.1) is 5.92 Å². The van der Waals surface area contributed by atoms with Crippen LogP contribution in [0.5, 0.6) is 0 Å². The van der Waals surface area contributed by atoms with Crippen LogP contribution >= 0.6 is 0 Å². The van der Waals surface area contributed by atoms with E-state index in [9.17, 15) is 9.59 Å². The van der Waals surface area contributed by atoms with Crippen LogP contribution in [0.1, 0.15) is 23.7 Å². The number of nitrogens with one attached hydrogen (secondary N) is 3. The summed E-state index contributed by atoms with van der Waals surface area (Å²) in [5.74, 6) is -0.0146. The lowest BCUT2D eigenvalue weighted by molar-refractivity contribution is -0.119. The monoisotopic (exact) mass is 261 g/mol. The summed E-state index contributed by atoms with van der Waals surface area (Å²) in [6.07, 6.45) is 0.878. The van der Waals surface area contributed by atoms with Gasteiger partial charge in [0, 0.05) is 24.3 Å². The standard InChI is InChI=1S/C14H19N3O2/c1-2-16-13(18)10-3-5-12(6-4-10)17-14(19)11-7-8-15-9-11/h3-6,11,15H,2,7-9H2,1H3,(H,16,18)(H,17,19). The SMILES string of the molecule is CCNC(=O)c1ccc(NC(=O)C2CCNC2)cc1. The van der Waals surface area contributed by atoms with E-state index in [0.717, 1.165) is 25.2 Å². The van der Waals surface area contributed by atoms with Crippen molar-refractivity contribution in [2.45, 2.75) is 13.3 Å².